The number of aryl methyl sites for hydroxylation is 1. The van der Waals surface area contributed by atoms with Crippen LogP contribution in [-0.2, 0) is 4.74 Å². The van der Waals surface area contributed by atoms with Crippen LogP contribution in [0.15, 0.2) is 24.3 Å². The van der Waals surface area contributed by atoms with E-state index in [4.69, 9.17) is 10.5 Å². The van der Waals surface area contributed by atoms with Gasteiger partial charge in [0.25, 0.3) is 0 Å². The summed E-state index contributed by atoms with van der Waals surface area (Å²) in [7, 11) is 0. The predicted molar refractivity (Wildman–Crippen MR) is 80.6 cm³/mol. The summed E-state index contributed by atoms with van der Waals surface area (Å²) < 4.78 is 5.45. The third-order valence-electron chi connectivity index (χ3n) is 3.82. The molecule has 3 heteroatoms. The van der Waals surface area contributed by atoms with Gasteiger partial charge in [0.05, 0.1) is 0 Å². The normalized spacial score (nSPS) is 16.5. The summed E-state index contributed by atoms with van der Waals surface area (Å²) in [5, 5.41) is 0. The Hall–Kier alpha value is -1.06. The molecule has 0 aliphatic carbocycles. The fourth-order valence-corrected chi connectivity index (χ4v) is 2.67. The van der Waals surface area contributed by atoms with Crippen LogP contribution < -0.4 is 10.6 Å². The second-order valence-corrected chi connectivity index (χ2v) is 5.48. The monoisotopic (exact) mass is 262 g/mol. The van der Waals surface area contributed by atoms with Gasteiger partial charge in [0, 0.05) is 32.0 Å². The molecule has 0 spiro atoms. The van der Waals surface area contributed by atoms with Crippen LogP contribution in [0.4, 0.5) is 5.69 Å². The summed E-state index contributed by atoms with van der Waals surface area (Å²) in [4.78, 5) is 2.50. The van der Waals surface area contributed by atoms with Gasteiger partial charge >= 0.3 is 0 Å². The van der Waals surface area contributed by atoms with Gasteiger partial charge in [-0.15, -0.1) is 0 Å². The quantitative estimate of drug-likeness (QED) is 0.856. The molecule has 0 bridgehead atoms. The number of hydrogen-bond acceptors (Lipinski definition) is 3. The molecule has 1 aromatic rings. The molecule has 0 radical (unpaired) electrons. The molecule has 0 amide bonds. The molecular formula is C16H26N2O. The van der Waals surface area contributed by atoms with Gasteiger partial charge in [0.2, 0.25) is 0 Å². The maximum atomic E-state index is 5.67. The molecule has 2 rings (SSSR count). The lowest BCUT2D eigenvalue weighted by Crippen LogP contribution is -2.34. The number of anilines is 1. The van der Waals surface area contributed by atoms with Gasteiger partial charge in [-0.05, 0) is 56.3 Å². The van der Waals surface area contributed by atoms with E-state index in [1.54, 1.807) is 0 Å². The highest BCUT2D eigenvalue weighted by molar-refractivity contribution is 5.48. The van der Waals surface area contributed by atoms with Crippen molar-refractivity contribution in [1.29, 1.82) is 0 Å². The smallest absolute Gasteiger partial charge is 0.0469 e. The van der Waals surface area contributed by atoms with E-state index in [0.29, 0.717) is 0 Å². The zero-order valence-corrected chi connectivity index (χ0v) is 12.0. The summed E-state index contributed by atoms with van der Waals surface area (Å²) in [5.74, 6) is 0.757. The lowest BCUT2D eigenvalue weighted by molar-refractivity contribution is 0.0682. The van der Waals surface area contributed by atoms with E-state index in [-0.39, 0.29) is 0 Å². The van der Waals surface area contributed by atoms with E-state index in [1.807, 2.05) is 0 Å². The fraction of sp³-hybridized carbons (Fsp3) is 0.625. The highest BCUT2D eigenvalue weighted by Crippen LogP contribution is 2.22. The molecule has 1 heterocycles. The maximum Gasteiger partial charge on any atom is 0.0469 e. The number of rotatable bonds is 6. The van der Waals surface area contributed by atoms with Crippen molar-refractivity contribution in [3.63, 3.8) is 0 Å². The lowest BCUT2D eigenvalue weighted by atomic mass is 9.99. The summed E-state index contributed by atoms with van der Waals surface area (Å²) >= 11 is 0. The van der Waals surface area contributed by atoms with E-state index in [2.05, 4.69) is 36.1 Å². The van der Waals surface area contributed by atoms with Gasteiger partial charge in [0.15, 0.2) is 0 Å². The van der Waals surface area contributed by atoms with Gasteiger partial charge in [-0.2, -0.15) is 0 Å². The van der Waals surface area contributed by atoms with Crippen molar-refractivity contribution in [3.05, 3.63) is 29.8 Å². The third kappa shape index (κ3) is 4.51. The Bertz CT molecular complexity index is 375. The minimum absolute atomic E-state index is 0.757. The first-order chi connectivity index (χ1) is 9.29. The molecule has 3 nitrogen and oxygen atoms in total. The number of hydrogen-bond donors (Lipinski definition) is 1. The lowest BCUT2D eigenvalue weighted by Gasteiger charge is -2.31. The molecule has 0 aromatic heterocycles. The zero-order valence-electron chi connectivity index (χ0n) is 12.0. The molecule has 0 unspecified atom stereocenters. The zero-order chi connectivity index (χ0) is 13.5. The van der Waals surface area contributed by atoms with Gasteiger partial charge in [-0.1, -0.05) is 12.1 Å². The van der Waals surface area contributed by atoms with Crippen LogP contribution in [0.3, 0.4) is 0 Å². The molecule has 0 atom stereocenters. The summed E-state index contributed by atoms with van der Waals surface area (Å²) in [6.45, 7) is 6.94. The Labute approximate surface area is 116 Å². The highest BCUT2D eigenvalue weighted by atomic mass is 16.5. The van der Waals surface area contributed by atoms with E-state index >= 15 is 0 Å². The van der Waals surface area contributed by atoms with E-state index in [0.717, 1.165) is 45.2 Å². The Morgan fingerprint density at radius 1 is 1.32 bits per heavy atom. The predicted octanol–water partition coefficient (Wildman–Crippen LogP) is 2.58. The van der Waals surface area contributed by atoms with Crippen LogP contribution in [0.25, 0.3) is 0 Å². The van der Waals surface area contributed by atoms with E-state index in [1.165, 1.54) is 24.1 Å². The standard InChI is InChI=1S/C16H26N2O/c1-14-4-2-5-16(12-14)18(9-3-8-17)13-15-6-10-19-11-7-15/h2,4-5,12,15H,3,6-11,13,17H2,1H3. The average Bonchev–Trinajstić information content (AvgIpc) is 2.44. The van der Waals surface area contributed by atoms with Gasteiger partial charge in [-0.3, -0.25) is 0 Å². The second-order valence-electron chi connectivity index (χ2n) is 5.48. The molecule has 1 aromatic carbocycles. The van der Waals surface area contributed by atoms with Crippen LogP contribution in [0.1, 0.15) is 24.8 Å². The minimum Gasteiger partial charge on any atom is -0.381 e. The topological polar surface area (TPSA) is 38.5 Å². The second kappa shape index (κ2) is 7.51. The molecular weight excluding hydrogens is 236 g/mol. The van der Waals surface area contributed by atoms with Crippen LogP contribution >= 0.6 is 0 Å². The molecule has 1 aliphatic heterocycles. The molecule has 0 saturated carbocycles. The van der Waals surface area contributed by atoms with Crippen molar-refractivity contribution in [2.24, 2.45) is 11.7 Å². The van der Waals surface area contributed by atoms with Crippen LogP contribution in [0.2, 0.25) is 0 Å². The first-order valence-corrected chi connectivity index (χ1v) is 7.39. The highest BCUT2D eigenvalue weighted by Gasteiger charge is 2.17. The van der Waals surface area contributed by atoms with Crippen molar-refractivity contribution < 1.29 is 4.74 Å². The Morgan fingerprint density at radius 3 is 2.79 bits per heavy atom. The number of benzene rings is 1. The van der Waals surface area contributed by atoms with E-state index in [9.17, 15) is 0 Å². The third-order valence-corrected chi connectivity index (χ3v) is 3.82. The maximum absolute atomic E-state index is 5.67. The van der Waals surface area contributed by atoms with Crippen molar-refractivity contribution in [1.82, 2.24) is 0 Å². The average molecular weight is 262 g/mol. The molecule has 2 N–H and O–H groups in total. The fourth-order valence-electron chi connectivity index (χ4n) is 2.67. The Kier molecular flexibility index (Phi) is 5.67. The summed E-state index contributed by atoms with van der Waals surface area (Å²) in [6, 6.07) is 8.78. The van der Waals surface area contributed by atoms with Crippen LogP contribution in [0.5, 0.6) is 0 Å². The first-order valence-electron chi connectivity index (χ1n) is 7.39. The molecule has 1 saturated heterocycles. The SMILES string of the molecule is Cc1cccc(N(CCCN)CC2CCOCC2)c1. The van der Waals surface area contributed by atoms with Crippen molar-refractivity contribution in [3.8, 4) is 0 Å². The summed E-state index contributed by atoms with van der Waals surface area (Å²) in [5.41, 5.74) is 8.33. The largest absolute Gasteiger partial charge is 0.381 e. The number of nitrogens with zero attached hydrogens (tertiary/aromatic N) is 1. The molecule has 1 fully saturated rings. The number of ether oxygens (including phenoxy) is 1. The van der Waals surface area contributed by atoms with Crippen molar-refractivity contribution in [2.45, 2.75) is 26.2 Å². The Morgan fingerprint density at radius 2 is 2.11 bits per heavy atom. The Balaban J connectivity index is 2.01. The first kappa shape index (κ1) is 14.4. The van der Waals surface area contributed by atoms with Crippen molar-refractivity contribution in [2.75, 3.05) is 37.7 Å². The molecule has 106 valence electrons. The van der Waals surface area contributed by atoms with Crippen LogP contribution in [-0.4, -0.2) is 32.8 Å². The van der Waals surface area contributed by atoms with Gasteiger partial charge < -0.3 is 15.4 Å². The number of nitrogens with two attached hydrogens (primary N) is 1. The summed E-state index contributed by atoms with van der Waals surface area (Å²) in [6.07, 6.45) is 3.42. The molecule has 19 heavy (non-hydrogen) atoms. The van der Waals surface area contributed by atoms with Crippen molar-refractivity contribution >= 4 is 5.69 Å². The van der Waals surface area contributed by atoms with E-state index < -0.39 is 0 Å². The molecule has 1 aliphatic rings. The minimum atomic E-state index is 0.757. The van der Waals surface area contributed by atoms with Gasteiger partial charge in [0.1, 0.15) is 0 Å². The van der Waals surface area contributed by atoms with Crippen LogP contribution in [0, 0.1) is 12.8 Å². The van der Waals surface area contributed by atoms with Gasteiger partial charge in [-0.25, -0.2) is 0 Å².